The van der Waals surface area contributed by atoms with Gasteiger partial charge in [0.1, 0.15) is 11.8 Å². The highest BCUT2D eigenvalue weighted by molar-refractivity contribution is 6.39. The van der Waals surface area contributed by atoms with Gasteiger partial charge in [0.05, 0.1) is 46.6 Å². The maximum absolute atomic E-state index is 15.2. The summed E-state index contributed by atoms with van der Waals surface area (Å²) in [6.45, 7) is 0.895. The predicted octanol–water partition coefficient (Wildman–Crippen LogP) is 6.45. The fourth-order valence-corrected chi connectivity index (χ4v) is 6.34. The van der Waals surface area contributed by atoms with Crippen LogP contribution in [0.15, 0.2) is 40.9 Å². The van der Waals surface area contributed by atoms with E-state index < -0.39 is 11.6 Å². The van der Waals surface area contributed by atoms with E-state index in [1.165, 1.54) is 7.11 Å². The van der Waals surface area contributed by atoms with Crippen molar-refractivity contribution in [1.29, 1.82) is 5.26 Å². The SMILES string of the molecule is COC(=O)c1ccc(N2C[C@@H]3C[C@H]2C[C@H]3OCc2c(-c3c(Cl)cccc3Cl)noc2C2(F)CC2)cc1C#N. The summed E-state index contributed by atoms with van der Waals surface area (Å²) >= 11 is 12.9. The van der Waals surface area contributed by atoms with E-state index in [1.54, 1.807) is 30.3 Å². The summed E-state index contributed by atoms with van der Waals surface area (Å²) in [5.41, 5.74) is 1.38. The molecule has 0 radical (unpaired) electrons. The zero-order valence-corrected chi connectivity index (χ0v) is 22.1. The van der Waals surface area contributed by atoms with E-state index in [9.17, 15) is 10.1 Å². The number of hydrogen-bond donors (Lipinski definition) is 0. The van der Waals surface area contributed by atoms with Gasteiger partial charge in [0.25, 0.3) is 0 Å². The lowest BCUT2D eigenvalue weighted by Gasteiger charge is -2.33. The molecule has 3 fully saturated rings. The van der Waals surface area contributed by atoms with Crippen molar-refractivity contribution in [3.63, 3.8) is 0 Å². The molecule has 1 aromatic heterocycles. The van der Waals surface area contributed by atoms with Gasteiger partial charge in [-0.2, -0.15) is 5.26 Å². The number of nitrogens with zero attached hydrogens (tertiary/aromatic N) is 3. The van der Waals surface area contributed by atoms with Gasteiger partial charge in [-0.15, -0.1) is 0 Å². The van der Waals surface area contributed by atoms with Crippen molar-refractivity contribution in [2.75, 3.05) is 18.6 Å². The second-order valence-corrected chi connectivity index (χ2v) is 10.9. The van der Waals surface area contributed by atoms with Crippen LogP contribution in [0.1, 0.15) is 52.9 Å². The van der Waals surface area contributed by atoms with Crippen LogP contribution in [-0.4, -0.2) is 36.9 Å². The second kappa shape index (κ2) is 9.57. The van der Waals surface area contributed by atoms with Gasteiger partial charge in [-0.3, -0.25) is 0 Å². The number of fused-ring (bicyclic) bond motifs is 2. The minimum Gasteiger partial charge on any atom is -0.465 e. The average molecular weight is 556 g/mol. The number of piperidine rings is 1. The summed E-state index contributed by atoms with van der Waals surface area (Å²) in [5.74, 6) is -0.0685. The number of ether oxygens (including phenoxy) is 2. The Bertz CT molecular complexity index is 1440. The largest absolute Gasteiger partial charge is 0.465 e. The van der Waals surface area contributed by atoms with Gasteiger partial charge in [-0.05, 0) is 56.0 Å². The quantitative estimate of drug-likeness (QED) is 0.309. The molecule has 3 aromatic rings. The molecule has 1 saturated heterocycles. The van der Waals surface area contributed by atoms with Gasteiger partial charge >= 0.3 is 5.97 Å². The molecule has 3 aliphatic rings. The fourth-order valence-electron chi connectivity index (χ4n) is 5.76. The van der Waals surface area contributed by atoms with Crippen molar-refractivity contribution < 1.29 is 23.2 Å². The third-order valence-corrected chi connectivity index (χ3v) is 8.49. The minimum atomic E-state index is -1.53. The first-order chi connectivity index (χ1) is 18.3. The van der Waals surface area contributed by atoms with Gasteiger partial charge < -0.3 is 18.9 Å². The van der Waals surface area contributed by atoms with Crippen LogP contribution >= 0.6 is 23.2 Å². The number of esters is 1. The molecule has 2 saturated carbocycles. The lowest BCUT2D eigenvalue weighted by Crippen LogP contribution is -2.38. The highest BCUT2D eigenvalue weighted by atomic mass is 35.5. The molecule has 10 heteroatoms. The van der Waals surface area contributed by atoms with Gasteiger partial charge in [-0.25, -0.2) is 9.18 Å². The van der Waals surface area contributed by atoms with E-state index in [4.69, 9.17) is 37.2 Å². The summed E-state index contributed by atoms with van der Waals surface area (Å²) < 4.78 is 31.8. The zero-order chi connectivity index (χ0) is 26.6. The lowest BCUT2D eigenvalue weighted by atomic mass is 10.0. The normalized spacial score (nSPS) is 22.9. The number of carbonyl (C=O) groups excluding carboxylic acids is 1. The Balaban J connectivity index is 1.20. The number of carbonyl (C=O) groups is 1. The Morgan fingerprint density at radius 2 is 2.03 bits per heavy atom. The molecular formula is C28H24Cl2FN3O4. The fraction of sp³-hybridized carbons (Fsp3) is 0.393. The van der Waals surface area contributed by atoms with E-state index in [1.807, 2.05) is 6.07 Å². The van der Waals surface area contributed by atoms with Gasteiger partial charge in [0.2, 0.25) is 0 Å². The number of rotatable bonds is 7. The lowest BCUT2D eigenvalue weighted by molar-refractivity contribution is 0.0114. The molecule has 7 nitrogen and oxygen atoms in total. The van der Waals surface area contributed by atoms with Crippen LogP contribution in [0.5, 0.6) is 0 Å². The number of aromatic nitrogens is 1. The minimum absolute atomic E-state index is 0.0203. The first-order valence-corrected chi connectivity index (χ1v) is 13.2. The topological polar surface area (TPSA) is 88.6 Å². The Morgan fingerprint density at radius 1 is 1.26 bits per heavy atom. The number of hydrogen-bond acceptors (Lipinski definition) is 7. The number of benzene rings is 2. The zero-order valence-electron chi connectivity index (χ0n) is 20.5. The number of anilines is 1. The summed E-state index contributed by atoms with van der Waals surface area (Å²) in [6, 6.07) is 12.7. The monoisotopic (exact) mass is 555 g/mol. The standard InChI is InChI=1S/C28H24Cl2FN3O4/c1-36-27(35)19-6-5-17(9-15(19)12-32)34-13-16-10-18(34)11-23(16)37-14-20-25(24-21(29)3-2-4-22(24)30)33-38-26(20)28(31)7-8-28/h2-6,9,16,18,23H,7-8,10-11,13-14H2,1H3/t16-,18-,23+/m0/s1. The molecule has 38 heavy (non-hydrogen) atoms. The Morgan fingerprint density at radius 3 is 2.66 bits per heavy atom. The molecule has 0 N–H and O–H groups in total. The van der Waals surface area contributed by atoms with Crippen LogP contribution < -0.4 is 4.90 Å². The van der Waals surface area contributed by atoms with Crippen molar-refractivity contribution in [1.82, 2.24) is 5.16 Å². The van der Waals surface area contributed by atoms with Crippen molar-refractivity contribution in [3.05, 3.63) is 68.9 Å². The third-order valence-electron chi connectivity index (χ3n) is 7.86. The molecule has 0 spiro atoms. The van der Waals surface area contributed by atoms with Crippen molar-refractivity contribution >= 4 is 34.9 Å². The van der Waals surface area contributed by atoms with E-state index in [0.29, 0.717) is 39.7 Å². The molecule has 2 aliphatic carbocycles. The van der Waals surface area contributed by atoms with Crippen molar-refractivity contribution in [2.45, 2.75) is 50.1 Å². The summed E-state index contributed by atoms with van der Waals surface area (Å²) in [6.07, 6.45) is 2.47. The number of methoxy groups -OCH3 is 1. The first-order valence-electron chi connectivity index (χ1n) is 12.5. The van der Waals surface area contributed by atoms with Crippen LogP contribution in [0.25, 0.3) is 11.3 Å². The number of nitriles is 1. The Hall–Kier alpha value is -3.12. The molecule has 1 aliphatic heterocycles. The Kier molecular flexibility index (Phi) is 6.34. The molecule has 0 unspecified atom stereocenters. The highest BCUT2D eigenvalue weighted by Gasteiger charge is 2.51. The molecule has 196 valence electrons. The molecular weight excluding hydrogens is 532 g/mol. The van der Waals surface area contributed by atoms with Gasteiger partial charge in [-0.1, -0.05) is 34.4 Å². The maximum Gasteiger partial charge on any atom is 0.339 e. The summed E-state index contributed by atoms with van der Waals surface area (Å²) in [5, 5.41) is 14.5. The van der Waals surface area contributed by atoms with Gasteiger partial charge in [0.15, 0.2) is 11.4 Å². The van der Waals surface area contributed by atoms with E-state index in [-0.39, 0.29) is 41.6 Å². The van der Waals surface area contributed by atoms with Crippen LogP contribution in [-0.2, 0) is 21.7 Å². The molecule has 6 rings (SSSR count). The molecule has 2 bridgehead atoms. The van der Waals surface area contributed by atoms with Crippen molar-refractivity contribution in [3.8, 4) is 17.3 Å². The second-order valence-electron chi connectivity index (χ2n) is 10.1. The number of halogens is 3. The predicted molar refractivity (Wildman–Crippen MR) is 139 cm³/mol. The van der Waals surface area contributed by atoms with Crippen LogP contribution in [0.3, 0.4) is 0 Å². The first kappa shape index (κ1) is 25.2. The van der Waals surface area contributed by atoms with Crippen LogP contribution in [0, 0.1) is 17.2 Å². The average Bonchev–Trinajstić information content (AvgIpc) is 3.25. The van der Waals surface area contributed by atoms with E-state index in [2.05, 4.69) is 16.1 Å². The highest BCUT2D eigenvalue weighted by Crippen LogP contribution is 2.53. The summed E-state index contributed by atoms with van der Waals surface area (Å²) in [7, 11) is 1.30. The van der Waals surface area contributed by atoms with E-state index in [0.717, 1.165) is 25.1 Å². The molecule has 2 aromatic carbocycles. The summed E-state index contributed by atoms with van der Waals surface area (Å²) in [4.78, 5) is 14.2. The smallest absolute Gasteiger partial charge is 0.339 e. The maximum atomic E-state index is 15.2. The van der Waals surface area contributed by atoms with E-state index >= 15 is 4.39 Å². The van der Waals surface area contributed by atoms with Gasteiger partial charge in [0, 0.05) is 29.8 Å². The number of alkyl halides is 1. The molecule has 3 atom stereocenters. The third kappa shape index (κ3) is 4.23. The van der Waals surface area contributed by atoms with Crippen molar-refractivity contribution in [2.24, 2.45) is 5.92 Å². The molecule has 0 amide bonds. The van der Waals surface area contributed by atoms with Crippen LogP contribution in [0.4, 0.5) is 10.1 Å². The Labute approximate surface area is 229 Å². The molecule has 2 heterocycles. The van der Waals surface area contributed by atoms with Crippen LogP contribution in [0.2, 0.25) is 10.0 Å².